The Kier molecular flexibility index (Phi) is 7.70. The SMILES string of the molecule is CCCC(=O)NCCN(c1ccc(C(=O)OCC)cc1)S(C)(=O)=O. The van der Waals surface area contributed by atoms with Gasteiger partial charge in [-0.25, -0.2) is 13.2 Å². The number of anilines is 1. The molecule has 0 bridgehead atoms. The number of carbonyl (C=O) groups excluding carboxylic acids is 2. The van der Waals surface area contributed by atoms with Gasteiger partial charge < -0.3 is 10.1 Å². The number of rotatable bonds is 9. The molecular weight excluding hydrogens is 332 g/mol. The van der Waals surface area contributed by atoms with E-state index in [-0.39, 0.29) is 25.6 Å². The lowest BCUT2D eigenvalue weighted by Crippen LogP contribution is -2.38. The summed E-state index contributed by atoms with van der Waals surface area (Å²) in [5.74, 6) is -0.564. The van der Waals surface area contributed by atoms with Crippen LogP contribution in [0, 0.1) is 0 Å². The highest BCUT2D eigenvalue weighted by atomic mass is 32.2. The number of carbonyl (C=O) groups is 2. The molecule has 0 radical (unpaired) electrons. The van der Waals surface area contributed by atoms with E-state index < -0.39 is 16.0 Å². The minimum atomic E-state index is -3.51. The van der Waals surface area contributed by atoms with Gasteiger partial charge in [0, 0.05) is 13.0 Å². The number of hydrogen-bond acceptors (Lipinski definition) is 5. The van der Waals surface area contributed by atoms with E-state index in [0.717, 1.165) is 12.7 Å². The van der Waals surface area contributed by atoms with Gasteiger partial charge in [0.1, 0.15) is 0 Å². The molecule has 0 aliphatic carbocycles. The van der Waals surface area contributed by atoms with Gasteiger partial charge in [-0.2, -0.15) is 0 Å². The average Bonchev–Trinajstić information content (AvgIpc) is 2.51. The molecule has 0 unspecified atom stereocenters. The normalized spacial score (nSPS) is 11.0. The highest BCUT2D eigenvalue weighted by Gasteiger charge is 2.18. The van der Waals surface area contributed by atoms with Crippen molar-refractivity contribution < 1.29 is 22.7 Å². The number of sulfonamides is 1. The van der Waals surface area contributed by atoms with E-state index in [1.807, 2.05) is 6.92 Å². The van der Waals surface area contributed by atoms with E-state index in [4.69, 9.17) is 4.74 Å². The zero-order chi connectivity index (χ0) is 18.2. The van der Waals surface area contributed by atoms with Crippen LogP contribution in [0.5, 0.6) is 0 Å². The van der Waals surface area contributed by atoms with Crippen LogP contribution in [0.4, 0.5) is 5.69 Å². The van der Waals surface area contributed by atoms with Crippen molar-refractivity contribution in [2.24, 2.45) is 0 Å². The van der Waals surface area contributed by atoms with Crippen molar-refractivity contribution in [1.29, 1.82) is 0 Å². The molecular formula is C16H24N2O5S. The summed E-state index contributed by atoms with van der Waals surface area (Å²) in [4.78, 5) is 23.1. The lowest BCUT2D eigenvalue weighted by Gasteiger charge is -2.22. The fraction of sp³-hybridized carbons (Fsp3) is 0.500. The predicted molar refractivity (Wildman–Crippen MR) is 92.5 cm³/mol. The number of ether oxygens (including phenoxy) is 1. The van der Waals surface area contributed by atoms with Gasteiger partial charge in [-0.15, -0.1) is 0 Å². The maximum atomic E-state index is 12.0. The molecule has 0 aliphatic rings. The van der Waals surface area contributed by atoms with Crippen LogP contribution in [-0.4, -0.2) is 46.2 Å². The Hall–Kier alpha value is -2.09. The number of benzene rings is 1. The van der Waals surface area contributed by atoms with Crippen molar-refractivity contribution in [3.63, 3.8) is 0 Å². The summed E-state index contributed by atoms with van der Waals surface area (Å²) in [7, 11) is -3.51. The third-order valence-electron chi connectivity index (χ3n) is 3.18. The Morgan fingerprint density at radius 1 is 1.17 bits per heavy atom. The quantitative estimate of drug-likeness (QED) is 0.678. The van der Waals surface area contributed by atoms with Crippen molar-refractivity contribution in [3.8, 4) is 0 Å². The molecule has 0 fully saturated rings. The highest BCUT2D eigenvalue weighted by Crippen LogP contribution is 2.18. The van der Waals surface area contributed by atoms with Gasteiger partial charge in [0.15, 0.2) is 0 Å². The number of nitrogens with zero attached hydrogens (tertiary/aromatic N) is 1. The van der Waals surface area contributed by atoms with Gasteiger partial charge in [-0.3, -0.25) is 9.10 Å². The van der Waals surface area contributed by atoms with Crippen LogP contribution in [0.25, 0.3) is 0 Å². The maximum Gasteiger partial charge on any atom is 0.338 e. The lowest BCUT2D eigenvalue weighted by molar-refractivity contribution is -0.121. The van der Waals surface area contributed by atoms with Crippen molar-refractivity contribution in [1.82, 2.24) is 5.32 Å². The van der Waals surface area contributed by atoms with Crippen molar-refractivity contribution in [2.75, 3.05) is 30.3 Å². The molecule has 24 heavy (non-hydrogen) atoms. The Labute approximate surface area is 143 Å². The van der Waals surface area contributed by atoms with Gasteiger partial charge in [-0.05, 0) is 37.6 Å². The second-order valence-corrected chi connectivity index (χ2v) is 7.11. The Balaban J connectivity index is 2.82. The molecule has 0 spiro atoms. The van der Waals surface area contributed by atoms with E-state index >= 15 is 0 Å². The van der Waals surface area contributed by atoms with Crippen LogP contribution < -0.4 is 9.62 Å². The first-order chi connectivity index (χ1) is 11.3. The molecule has 0 aliphatic heterocycles. The van der Waals surface area contributed by atoms with Crippen LogP contribution in [0.1, 0.15) is 37.0 Å². The summed E-state index contributed by atoms with van der Waals surface area (Å²) in [5, 5.41) is 2.68. The topological polar surface area (TPSA) is 92.8 Å². The van der Waals surface area contributed by atoms with Gasteiger partial charge in [-0.1, -0.05) is 6.92 Å². The smallest absolute Gasteiger partial charge is 0.338 e. The molecule has 1 N–H and O–H groups in total. The van der Waals surface area contributed by atoms with Crippen molar-refractivity contribution in [2.45, 2.75) is 26.7 Å². The largest absolute Gasteiger partial charge is 0.462 e. The van der Waals surface area contributed by atoms with Crippen LogP contribution in [0.15, 0.2) is 24.3 Å². The first-order valence-electron chi connectivity index (χ1n) is 7.81. The molecule has 0 aromatic heterocycles. The standard InChI is InChI=1S/C16H24N2O5S/c1-4-6-15(19)17-11-12-18(24(3,21)22)14-9-7-13(8-10-14)16(20)23-5-2/h7-10H,4-6,11-12H2,1-3H3,(H,17,19). The molecule has 0 atom stereocenters. The summed E-state index contributed by atoms with van der Waals surface area (Å²) in [6, 6.07) is 6.12. The predicted octanol–water partition coefficient (Wildman–Crippen LogP) is 1.55. The van der Waals surface area contributed by atoms with E-state index in [9.17, 15) is 18.0 Å². The number of amides is 1. The number of esters is 1. The minimum Gasteiger partial charge on any atom is -0.462 e. The Bertz CT molecular complexity index is 656. The Morgan fingerprint density at radius 3 is 2.29 bits per heavy atom. The van der Waals surface area contributed by atoms with E-state index in [1.54, 1.807) is 19.1 Å². The molecule has 1 aromatic rings. The second-order valence-electron chi connectivity index (χ2n) is 5.20. The van der Waals surface area contributed by atoms with E-state index in [1.165, 1.54) is 16.4 Å². The zero-order valence-corrected chi connectivity index (χ0v) is 15.1. The molecule has 1 amide bonds. The van der Waals surface area contributed by atoms with Crippen LogP contribution in [-0.2, 0) is 19.6 Å². The van der Waals surface area contributed by atoms with Gasteiger partial charge >= 0.3 is 5.97 Å². The van der Waals surface area contributed by atoms with Gasteiger partial charge in [0.2, 0.25) is 15.9 Å². The fourth-order valence-electron chi connectivity index (χ4n) is 2.08. The minimum absolute atomic E-state index is 0.108. The van der Waals surface area contributed by atoms with E-state index in [2.05, 4.69) is 5.32 Å². The highest BCUT2D eigenvalue weighted by molar-refractivity contribution is 7.92. The Morgan fingerprint density at radius 2 is 1.79 bits per heavy atom. The first-order valence-corrected chi connectivity index (χ1v) is 9.66. The lowest BCUT2D eigenvalue weighted by atomic mass is 10.2. The summed E-state index contributed by atoms with van der Waals surface area (Å²) in [6.45, 7) is 4.21. The fourth-order valence-corrected chi connectivity index (χ4v) is 3.00. The van der Waals surface area contributed by atoms with Crippen LogP contribution >= 0.6 is 0 Å². The first kappa shape index (κ1) is 20.0. The summed E-state index contributed by atoms with van der Waals surface area (Å²) < 4.78 is 30.0. The summed E-state index contributed by atoms with van der Waals surface area (Å²) >= 11 is 0. The average molecular weight is 356 g/mol. The summed E-state index contributed by atoms with van der Waals surface area (Å²) in [6.07, 6.45) is 2.24. The molecule has 1 rings (SSSR count). The molecule has 1 aromatic carbocycles. The maximum absolute atomic E-state index is 12.0. The van der Waals surface area contributed by atoms with Crippen LogP contribution in [0.2, 0.25) is 0 Å². The molecule has 7 nitrogen and oxygen atoms in total. The summed E-state index contributed by atoms with van der Waals surface area (Å²) in [5.41, 5.74) is 0.778. The number of hydrogen-bond donors (Lipinski definition) is 1. The molecule has 0 heterocycles. The monoisotopic (exact) mass is 356 g/mol. The molecule has 8 heteroatoms. The molecule has 0 saturated heterocycles. The van der Waals surface area contributed by atoms with Crippen molar-refractivity contribution >= 4 is 27.6 Å². The van der Waals surface area contributed by atoms with Crippen LogP contribution in [0.3, 0.4) is 0 Å². The third kappa shape index (κ3) is 6.19. The number of nitrogens with one attached hydrogen (secondary N) is 1. The van der Waals surface area contributed by atoms with Crippen molar-refractivity contribution in [3.05, 3.63) is 29.8 Å². The second kappa shape index (κ2) is 9.27. The van der Waals surface area contributed by atoms with Gasteiger partial charge in [0.25, 0.3) is 0 Å². The van der Waals surface area contributed by atoms with E-state index in [0.29, 0.717) is 17.7 Å². The third-order valence-corrected chi connectivity index (χ3v) is 4.37. The molecule has 0 saturated carbocycles. The molecule has 134 valence electrons. The zero-order valence-electron chi connectivity index (χ0n) is 14.2. The van der Waals surface area contributed by atoms with Gasteiger partial charge in [0.05, 0.1) is 30.7 Å².